The van der Waals surface area contributed by atoms with Gasteiger partial charge < -0.3 is 25.0 Å². The molecule has 1 aromatic carbocycles. The van der Waals surface area contributed by atoms with Gasteiger partial charge in [-0.3, -0.25) is 23.7 Å². The van der Waals surface area contributed by atoms with Crippen LogP contribution in [0.5, 0.6) is 5.75 Å². The molecule has 244 valence electrons. The van der Waals surface area contributed by atoms with Crippen LogP contribution >= 0.6 is 0 Å². The van der Waals surface area contributed by atoms with Crippen molar-refractivity contribution in [2.45, 2.75) is 95.0 Å². The maximum Gasteiger partial charge on any atom is 0.248 e. The summed E-state index contributed by atoms with van der Waals surface area (Å²) in [4.78, 5) is 45.3. The largest absolute Gasteiger partial charge is 0.493 e. The Labute approximate surface area is 257 Å². The molecule has 3 heterocycles. The summed E-state index contributed by atoms with van der Waals surface area (Å²) in [5.74, 6) is -5.03. The molecule has 3 fully saturated rings. The van der Waals surface area contributed by atoms with Crippen LogP contribution in [-0.2, 0) is 19.1 Å². The minimum atomic E-state index is -2.83. The number of ether oxygens (including phenoxy) is 2. The van der Waals surface area contributed by atoms with Gasteiger partial charge in [0, 0.05) is 57.1 Å². The molecule has 0 spiro atoms. The number of rotatable bonds is 10. The Hall–Kier alpha value is -2.86. The lowest BCUT2D eigenvalue weighted by Crippen LogP contribution is -2.66. The molecule has 2 saturated heterocycles. The molecule has 5 rings (SSSR count). The van der Waals surface area contributed by atoms with Gasteiger partial charge in [-0.15, -0.1) is 0 Å². The van der Waals surface area contributed by atoms with Crippen molar-refractivity contribution in [3.05, 3.63) is 29.8 Å². The first kappa shape index (κ1) is 32.5. The van der Waals surface area contributed by atoms with E-state index in [1.165, 1.54) is 4.90 Å². The molecule has 0 unspecified atom stereocenters. The summed E-state index contributed by atoms with van der Waals surface area (Å²) in [6, 6.07) is 5.16. The lowest BCUT2D eigenvalue weighted by atomic mass is 9.81. The van der Waals surface area contributed by atoms with E-state index >= 15 is 0 Å². The van der Waals surface area contributed by atoms with E-state index < -0.39 is 61.2 Å². The number of carbonyl (C=O) groups excluding carboxylic acids is 3. The summed E-state index contributed by atoms with van der Waals surface area (Å²) < 4.78 is 53.6. The Bertz CT molecular complexity index is 1170. The Morgan fingerprint density at radius 2 is 1.84 bits per heavy atom. The van der Waals surface area contributed by atoms with E-state index in [0.29, 0.717) is 38.3 Å². The molecule has 3 aliphatic heterocycles. The van der Waals surface area contributed by atoms with Gasteiger partial charge in [0.2, 0.25) is 23.6 Å². The predicted molar refractivity (Wildman–Crippen MR) is 157 cm³/mol. The Morgan fingerprint density at radius 3 is 2.55 bits per heavy atom. The van der Waals surface area contributed by atoms with Crippen molar-refractivity contribution in [1.29, 1.82) is 0 Å². The number of carbonyl (C=O) groups is 3. The minimum Gasteiger partial charge on any atom is -0.493 e. The Balaban J connectivity index is 1.42. The molecule has 6 atom stereocenters. The van der Waals surface area contributed by atoms with Gasteiger partial charge in [0.15, 0.2) is 0 Å². The van der Waals surface area contributed by atoms with Crippen LogP contribution in [0.1, 0.15) is 70.4 Å². The van der Waals surface area contributed by atoms with Crippen molar-refractivity contribution in [2.75, 3.05) is 39.5 Å². The van der Waals surface area contributed by atoms with Gasteiger partial charge in [0.1, 0.15) is 24.5 Å². The van der Waals surface area contributed by atoms with Crippen LogP contribution in [0, 0.1) is 11.8 Å². The van der Waals surface area contributed by atoms with Gasteiger partial charge in [-0.1, -0.05) is 25.1 Å². The highest BCUT2D eigenvalue weighted by Gasteiger charge is 2.49. The fourth-order valence-corrected chi connectivity index (χ4v) is 7.20. The van der Waals surface area contributed by atoms with Crippen molar-refractivity contribution < 1.29 is 37.0 Å². The molecule has 1 aliphatic carbocycles. The van der Waals surface area contributed by atoms with Crippen molar-refractivity contribution in [3.8, 4) is 5.75 Å². The topological polar surface area (TPSA) is 100 Å². The molecule has 44 heavy (non-hydrogen) atoms. The molecule has 1 saturated carbocycles. The monoisotopic (exact) mass is 622 g/mol. The summed E-state index contributed by atoms with van der Waals surface area (Å²) in [5, 5.41) is 5.90. The molecule has 4 aliphatic rings. The number of benzene rings is 1. The molecule has 0 bridgehead atoms. The van der Waals surface area contributed by atoms with Gasteiger partial charge in [0.05, 0.1) is 24.7 Å². The van der Waals surface area contributed by atoms with Gasteiger partial charge in [-0.05, 0) is 44.6 Å². The number of hydrogen-bond donors (Lipinski definition) is 2. The van der Waals surface area contributed by atoms with Crippen LogP contribution in [0.3, 0.4) is 0 Å². The van der Waals surface area contributed by atoms with E-state index in [2.05, 4.69) is 15.5 Å². The van der Waals surface area contributed by atoms with E-state index in [1.54, 1.807) is 6.92 Å². The number of nitrogens with zero attached hydrogens (tertiary/aromatic N) is 2. The summed E-state index contributed by atoms with van der Waals surface area (Å²) in [5.41, 5.74) is 0.862. The van der Waals surface area contributed by atoms with Gasteiger partial charge in [-0.25, -0.2) is 8.78 Å². The third-order valence-electron chi connectivity index (χ3n) is 9.79. The van der Waals surface area contributed by atoms with E-state index in [1.807, 2.05) is 31.2 Å². The first-order valence-corrected chi connectivity index (χ1v) is 16.1. The average molecular weight is 623 g/mol. The van der Waals surface area contributed by atoms with Gasteiger partial charge in [-0.2, -0.15) is 0 Å². The highest BCUT2D eigenvalue weighted by atomic mass is 19.3. The molecule has 0 aromatic heterocycles. The zero-order valence-corrected chi connectivity index (χ0v) is 25.6. The van der Waals surface area contributed by atoms with Crippen molar-refractivity contribution in [1.82, 2.24) is 20.4 Å². The van der Waals surface area contributed by atoms with E-state index in [-0.39, 0.29) is 56.4 Å². The first-order chi connectivity index (χ1) is 21.1. The van der Waals surface area contributed by atoms with E-state index in [9.17, 15) is 27.6 Å². The van der Waals surface area contributed by atoms with Crippen LogP contribution in [0.2, 0.25) is 0 Å². The highest BCUT2D eigenvalue weighted by Crippen LogP contribution is 2.39. The zero-order chi connectivity index (χ0) is 31.4. The summed E-state index contributed by atoms with van der Waals surface area (Å²) >= 11 is 0. The maximum atomic E-state index is 14.5. The number of fused-ring (bicyclic) bond motifs is 2. The van der Waals surface area contributed by atoms with Crippen molar-refractivity contribution in [3.63, 3.8) is 0 Å². The Kier molecular flexibility index (Phi) is 10.4. The van der Waals surface area contributed by atoms with Crippen LogP contribution in [0.4, 0.5) is 13.2 Å². The number of nitrogens with one attached hydrogen (secondary N) is 2. The molecule has 12 heteroatoms. The predicted octanol–water partition coefficient (Wildman–Crippen LogP) is 3.62. The SMILES string of the molecule is CCO[C@@H]1C[C@@H]2CN(C(=O)[C@@H](NC(=O)[C@H](CC)CF)C3CCC(F)(F)CC3)[C@H](C(=O)N[C@@H]3CCOc4ccccc43)CN2C1. The normalized spacial score (nSPS) is 28.2. The van der Waals surface area contributed by atoms with Crippen LogP contribution in [0.25, 0.3) is 0 Å². The summed E-state index contributed by atoms with van der Waals surface area (Å²) in [6.45, 7) is 4.87. The molecular formula is C32H45F3N4O5. The molecule has 3 amide bonds. The molecule has 9 nitrogen and oxygen atoms in total. The zero-order valence-electron chi connectivity index (χ0n) is 25.6. The number of hydrogen-bond acceptors (Lipinski definition) is 6. The number of piperazine rings is 1. The van der Waals surface area contributed by atoms with E-state index in [0.717, 1.165) is 5.56 Å². The molecule has 2 N–H and O–H groups in total. The second kappa shape index (κ2) is 14.1. The second-order valence-electron chi connectivity index (χ2n) is 12.6. The number of halogens is 3. The third kappa shape index (κ3) is 7.17. The Morgan fingerprint density at radius 1 is 1.09 bits per heavy atom. The standard InChI is InChI=1S/C32H45F3N4O5/c1-3-20(16-33)29(40)37-28(21-9-12-32(34,35)13-10-21)31(42)39-17-22-15-23(43-4-2)18-38(22)19-26(39)30(41)36-25-11-14-44-27-8-6-5-7-24(25)27/h5-8,20-23,25-26,28H,3-4,9-19H2,1-2H3,(H,36,41)(H,37,40)/t20-,22-,23-,25-,26+,28+/m1/s1. The summed E-state index contributed by atoms with van der Waals surface area (Å²) in [7, 11) is 0. The first-order valence-electron chi connectivity index (χ1n) is 16.1. The molecular weight excluding hydrogens is 577 g/mol. The second-order valence-corrected chi connectivity index (χ2v) is 12.6. The number of amides is 3. The molecule has 0 radical (unpaired) electrons. The van der Waals surface area contributed by atoms with Gasteiger partial charge in [0.25, 0.3) is 0 Å². The van der Waals surface area contributed by atoms with Crippen LogP contribution in [-0.4, -0.2) is 97.2 Å². The number of alkyl halides is 3. The van der Waals surface area contributed by atoms with E-state index in [4.69, 9.17) is 9.47 Å². The minimum absolute atomic E-state index is 0.0305. The number of para-hydroxylation sites is 1. The average Bonchev–Trinajstić information content (AvgIpc) is 3.41. The lowest BCUT2D eigenvalue weighted by molar-refractivity contribution is -0.150. The molecule has 1 aromatic rings. The van der Waals surface area contributed by atoms with Crippen molar-refractivity contribution in [2.24, 2.45) is 11.8 Å². The van der Waals surface area contributed by atoms with Crippen molar-refractivity contribution >= 4 is 17.7 Å². The van der Waals surface area contributed by atoms with Crippen LogP contribution in [0.15, 0.2) is 24.3 Å². The third-order valence-corrected chi connectivity index (χ3v) is 9.79. The van der Waals surface area contributed by atoms with Crippen LogP contribution < -0.4 is 15.4 Å². The van der Waals surface area contributed by atoms with Gasteiger partial charge >= 0.3 is 0 Å². The fourth-order valence-electron chi connectivity index (χ4n) is 7.20. The lowest BCUT2D eigenvalue weighted by Gasteiger charge is -2.45. The summed E-state index contributed by atoms with van der Waals surface area (Å²) in [6.07, 6.45) is 0.766. The highest BCUT2D eigenvalue weighted by molar-refractivity contribution is 5.93. The smallest absolute Gasteiger partial charge is 0.248 e. The quantitative estimate of drug-likeness (QED) is 0.414. The fraction of sp³-hybridized carbons (Fsp3) is 0.719. The maximum absolute atomic E-state index is 14.5.